The number of nitrogens with two attached hydrogens (primary N) is 1. The van der Waals surface area contributed by atoms with Gasteiger partial charge >= 0.3 is 0 Å². The number of rotatable bonds is 14. The Bertz CT molecular complexity index is 1150. The molecule has 1 aromatic heterocycles. The van der Waals surface area contributed by atoms with Crippen LogP contribution in [0.25, 0.3) is 10.4 Å². The lowest BCUT2D eigenvalue weighted by molar-refractivity contribution is -0.144. The van der Waals surface area contributed by atoms with Gasteiger partial charge in [0.2, 0.25) is 17.7 Å². The van der Waals surface area contributed by atoms with Gasteiger partial charge in [-0.05, 0) is 49.3 Å². The van der Waals surface area contributed by atoms with Crippen LogP contribution in [-0.2, 0) is 20.8 Å². The zero-order valence-corrected chi connectivity index (χ0v) is 27.0. The first-order valence-electron chi connectivity index (χ1n) is 14.8. The Morgan fingerprint density at radius 2 is 1.79 bits per heavy atom. The Kier molecular flexibility index (Phi) is 14.4. The molecule has 0 aliphatic carbocycles. The van der Waals surface area contributed by atoms with Crippen molar-refractivity contribution >= 4 is 41.5 Å². The van der Waals surface area contributed by atoms with Crippen LogP contribution < -0.4 is 16.4 Å². The first-order chi connectivity index (χ1) is 19.5. The number of carbonyl (C=O) groups excluding carboxylic acids is 3. The van der Waals surface area contributed by atoms with Crippen molar-refractivity contribution in [2.45, 2.75) is 97.2 Å². The van der Waals surface area contributed by atoms with E-state index >= 15 is 0 Å². The molecule has 234 valence electrons. The van der Waals surface area contributed by atoms with Crippen LogP contribution in [0.4, 0.5) is 0 Å². The smallest absolute Gasteiger partial charge is 0.246 e. The Labute approximate surface area is 260 Å². The van der Waals surface area contributed by atoms with Crippen molar-refractivity contribution in [3.63, 3.8) is 0 Å². The third kappa shape index (κ3) is 10.3. The SMILES string of the molecule is Cc1ncsc1-c1ccc(CCNC(=O)[C@@H]2C[C@H](O)CN2C(=O)[C@@H](NC(=O)CCCCCCCN)C(C)(C)C)cc1.Cl. The third-order valence-electron chi connectivity index (χ3n) is 7.57. The van der Waals surface area contributed by atoms with Gasteiger partial charge in [0, 0.05) is 25.9 Å². The van der Waals surface area contributed by atoms with Crippen LogP contribution in [0.1, 0.15) is 77.0 Å². The van der Waals surface area contributed by atoms with Crippen LogP contribution in [0.5, 0.6) is 0 Å². The quantitative estimate of drug-likeness (QED) is 0.235. The molecule has 0 spiro atoms. The number of thiazole rings is 1. The van der Waals surface area contributed by atoms with Crippen LogP contribution in [0.15, 0.2) is 29.8 Å². The van der Waals surface area contributed by atoms with Gasteiger partial charge in [0.05, 0.1) is 22.2 Å². The second-order valence-corrected chi connectivity index (χ2v) is 12.9. The monoisotopic (exact) mass is 621 g/mol. The average Bonchev–Trinajstić information content (AvgIpc) is 3.54. The van der Waals surface area contributed by atoms with E-state index in [0.29, 0.717) is 25.9 Å². The Balaban J connectivity index is 0.00000616. The molecule has 1 aliphatic heterocycles. The van der Waals surface area contributed by atoms with Crippen LogP contribution in [0.3, 0.4) is 0 Å². The number of halogens is 1. The van der Waals surface area contributed by atoms with Gasteiger partial charge in [-0.3, -0.25) is 14.4 Å². The molecule has 5 N–H and O–H groups in total. The summed E-state index contributed by atoms with van der Waals surface area (Å²) >= 11 is 1.61. The third-order valence-corrected chi connectivity index (χ3v) is 8.54. The lowest BCUT2D eigenvalue weighted by Crippen LogP contribution is -2.57. The van der Waals surface area contributed by atoms with Gasteiger partial charge < -0.3 is 26.4 Å². The van der Waals surface area contributed by atoms with Gasteiger partial charge in [-0.25, -0.2) is 4.98 Å². The topological polar surface area (TPSA) is 138 Å². The molecule has 0 saturated carbocycles. The summed E-state index contributed by atoms with van der Waals surface area (Å²) in [6.45, 7) is 8.84. The summed E-state index contributed by atoms with van der Waals surface area (Å²) in [5, 5.41) is 16.3. The van der Waals surface area contributed by atoms with Crippen LogP contribution in [-0.4, -0.2) is 70.5 Å². The van der Waals surface area contributed by atoms with Crippen molar-refractivity contribution < 1.29 is 19.5 Å². The van der Waals surface area contributed by atoms with Gasteiger partial charge in [-0.1, -0.05) is 64.3 Å². The maximum Gasteiger partial charge on any atom is 0.246 e. The number of nitrogens with zero attached hydrogens (tertiary/aromatic N) is 2. The van der Waals surface area contributed by atoms with Crippen molar-refractivity contribution in [2.75, 3.05) is 19.6 Å². The number of aliphatic hydroxyl groups is 1. The zero-order valence-electron chi connectivity index (χ0n) is 25.4. The molecule has 3 atom stereocenters. The molecule has 3 amide bonds. The number of unbranched alkanes of at least 4 members (excludes halogenated alkanes) is 4. The van der Waals surface area contributed by atoms with Gasteiger partial charge in [-0.15, -0.1) is 23.7 Å². The maximum atomic E-state index is 13.7. The van der Waals surface area contributed by atoms with Gasteiger partial charge in [0.15, 0.2) is 0 Å². The molecular weight excluding hydrogens is 574 g/mol. The summed E-state index contributed by atoms with van der Waals surface area (Å²) in [6.07, 6.45) is 5.15. The van der Waals surface area contributed by atoms with E-state index in [1.165, 1.54) is 4.90 Å². The van der Waals surface area contributed by atoms with Crippen molar-refractivity contribution in [1.82, 2.24) is 20.5 Å². The van der Waals surface area contributed by atoms with E-state index in [2.05, 4.69) is 27.8 Å². The number of hydrogen-bond donors (Lipinski definition) is 4. The summed E-state index contributed by atoms with van der Waals surface area (Å²) in [6, 6.07) is 6.65. The molecule has 0 radical (unpaired) electrons. The summed E-state index contributed by atoms with van der Waals surface area (Å²) < 4.78 is 0. The Morgan fingerprint density at radius 3 is 2.40 bits per heavy atom. The molecular formula is C31H48ClN5O4S. The van der Waals surface area contributed by atoms with Crippen molar-refractivity contribution in [2.24, 2.45) is 11.1 Å². The number of nitrogens with one attached hydrogen (secondary N) is 2. The normalized spacial score (nSPS) is 17.4. The highest BCUT2D eigenvalue weighted by molar-refractivity contribution is 7.13. The minimum atomic E-state index is -0.798. The van der Waals surface area contributed by atoms with E-state index in [4.69, 9.17) is 5.73 Å². The van der Waals surface area contributed by atoms with Gasteiger partial charge in [-0.2, -0.15) is 0 Å². The van der Waals surface area contributed by atoms with Crippen LogP contribution in [0, 0.1) is 12.3 Å². The maximum absolute atomic E-state index is 13.7. The number of aromatic nitrogens is 1. The van der Waals surface area contributed by atoms with E-state index in [1.807, 2.05) is 45.3 Å². The van der Waals surface area contributed by atoms with Crippen molar-refractivity contribution in [1.29, 1.82) is 0 Å². The van der Waals surface area contributed by atoms with E-state index in [9.17, 15) is 19.5 Å². The number of amides is 3. The van der Waals surface area contributed by atoms with Gasteiger partial charge in [0.25, 0.3) is 0 Å². The number of aryl methyl sites for hydroxylation is 1. The first kappa shape index (κ1) is 35.7. The van der Waals surface area contributed by atoms with E-state index in [0.717, 1.165) is 53.8 Å². The van der Waals surface area contributed by atoms with E-state index < -0.39 is 23.6 Å². The second-order valence-electron chi connectivity index (χ2n) is 12.1. The fraction of sp³-hybridized carbons (Fsp3) is 0.613. The van der Waals surface area contributed by atoms with Crippen LogP contribution in [0.2, 0.25) is 0 Å². The van der Waals surface area contributed by atoms with E-state index in [1.54, 1.807) is 11.3 Å². The molecule has 2 aromatic rings. The first-order valence-corrected chi connectivity index (χ1v) is 15.6. The lowest BCUT2D eigenvalue weighted by Gasteiger charge is -2.35. The molecule has 0 bridgehead atoms. The molecule has 1 saturated heterocycles. The Morgan fingerprint density at radius 1 is 1.12 bits per heavy atom. The largest absolute Gasteiger partial charge is 0.391 e. The Hall–Kier alpha value is -2.53. The summed E-state index contributed by atoms with van der Waals surface area (Å²) in [7, 11) is 0. The van der Waals surface area contributed by atoms with Gasteiger partial charge in [0.1, 0.15) is 12.1 Å². The van der Waals surface area contributed by atoms with Crippen LogP contribution >= 0.6 is 23.7 Å². The number of β-amino-alcohol motifs (C(OH)–C–C–N with tert-alkyl or cyclic N) is 1. The molecule has 1 fully saturated rings. The minimum Gasteiger partial charge on any atom is -0.391 e. The second kappa shape index (κ2) is 16.9. The molecule has 42 heavy (non-hydrogen) atoms. The predicted octanol–water partition coefficient (Wildman–Crippen LogP) is 3.99. The fourth-order valence-corrected chi connectivity index (χ4v) is 5.98. The van der Waals surface area contributed by atoms with E-state index in [-0.39, 0.29) is 43.1 Å². The van der Waals surface area contributed by atoms with Crippen molar-refractivity contribution in [3.05, 3.63) is 41.0 Å². The standard InChI is InChI=1S/C31H47N5O4S.ClH/c1-21-27(41-20-34-21)23-13-11-22(12-14-23)15-17-33-29(39)25-18-24(37)19-36(25)30(40)28(31(2,3)4)35-26(38)10-8-6-5-7-9-16-32;/h11-14,20,24-25,28,37H,5-10,15-19,32H2,1-4H3,(H,33,39)(H,35,38);1H/t24-,25-,28+;/m0./s1. The predicted molar refractivity (Wildman–Crippen MR) is 171 cm³/mol. The summed E-state index contributed by atoms with van der Waals surface area (Å²) in [4.78, 5) is 46.5. The molecule has 3 rings (SSSR count). The minimum absolute atomic E-state index is 0. The summed E-state index contributed by atoms with van der Waals surface area (Å²) in [5.41, 5.74) is 10.0. The summed E-state index contributed by atoms with van der Waals surface area (Å²) in [5.74, 6) is -0.794. The highest BCUT2D eigenvalue weighted by atomic mass is 35.5. The molecule has 1 aliphatic rings. The number of benzene rings is 1. The fourth-order valence-electron chi connectivity index (χ4n) is 5.16. The number of carbonyl (C=O) groups is 3. The average molecular weight is 622 g/mol. The van der Waals surface area contributed by atoms with Crippen molar-refractivity contribution in [3.8, 4) is 10.4 Å². The molecule has 9 nitrogen and oxygen atoms in total. The molecule has 11 heteroatoms. The highest BCUT2D eigenvalue weighted by Crippen LogP contribution is 2.28. The number of hydrogen-bond acceptors (Lipinski definition) is 7. The lowest BCUT2D eigenvalue weighted by atomic mass is 9.85. The highest BCUT2D eigenvalue weighted by Gasteiger charge is 2.44. The number of likely N-dealkylation sites (tertiary alicyclic amines) is 1. The zero-order chi connectivity index (χ0) is 30.0. The molecule has 0 unspecified atom stereocenters. The molecule has 2 heterocycles. The number of aliphatic hydroxyl groups excluding tert-OH is 1. The molecule has 1 aromatic carbocycles.